The predicted octanol–water partition coefficient (Wildman–Crippen LogP) is 4.55. The van der Waals surface area contributed by atoms with Crippen LogP contribution in [0.4, 0.5) is 0 Å². The van der Waals surface area contributed by atoms with Crippen LogP contribution >= 0.6 is 0 Å². The smallest absolute Gasteiger partial charge is 0.146 e. The highest BCUT2D eigenvalue weighted by Crippen LogP contribution is 2.36. The quantitative estimate of drug-likeness (QED) is 0.568. The van der Waals surface area contributed by atoms with E-state index < -0.39 is 0 Å². The van der Waals surface area contributed by atoms with Crippen LogP contribution in [0.15, 0.2) is 35.9 Å². The summed E-state index contributed by atoms with van der Waals surface area (Å²) in [6, 6.07) is 9.73. The maximum absolute atomic E-state index is 11.7. The highest BCUT2D eigenvalue weighted by molar-refractivity contribution is 5.93. The van der Waals surface area contributed by atoms with Gasteiger partial charge in [0.25, 0.3) is 0 Å². The Kier molecular flexibility index (Phi) is 6.07. The van der Waals surface area contributed by atoms with E-state index in [0.717, 1.165) is 30.1 Å². The number of carbonyl (C=O) groups excluding carboxylic acids is 2. The molecule has 1 aromatic carbocycles. The van der Waals surface area contributed by atoms with Crippen molar-refractivity contribution < 1.29 is 9.59 Å². The Morgan fingerprint density at radius 1 is 1.14 bits per heavy atom. The maximum Gasteiger partial charge on any atom is 0.146 e. The number of allylic oxidation sites excluding steroid dienone is 2. The molecular weight excluding hydrogens is 260 g/mol. The molecule has 0 bridgehead atoms. The SMILES string of the molecule is CC(C=O)=C(c1ccccc1)C(C=O)C(C)CC(C)(C)C. The first kappa shape index (κ1) is 17.4. The van der Waals surface area contributed by atoms with Gasteiger partial charge in [-0.2, -0.15) is 0 Å². The average Bonchev–Trinajstić information content (AvgIpc) is 2.42. The van der Waals surface area contributed by atoms with Crippen LogP contribution in [0, 0.1) is 17.3 Å². The molecule has 0 saturated carbocycles. The van der Waals surface area contributed by atoms with Gasteiger partial charge in [-0.05, 0) is 41.4 Å². The number of aldehydes is 2. The summed E-state index contributed by atoms with van der Waals surface area (Å²) in [5.41, 5.74) is 2.61. The lowest BCUT2D eigenvalue weighted by atomic mass is 9.75. The van der Waals surface area contributed by atoms with Crippen LogP contribution in [-0.4, -0.2) is 12.6 Å². The van der Waals surface area contributed by atoms with Gasteiger partial charge in [0.2, 0.25) is 0 Å². The second-order valence-corrected chi connectivity index (χ2v) is 6.98. The van der Waals surface area contributed by atoms with Crippen LogP contribution in [0.25, 0.3) is 5.57 Å². The van der Waals surface area contributed by atoms with Crippen molar-refractivity contribution >= 4 is 18.1 Å². The first-order valence-corrected chi connectivity index (χ1v) is 7.47. The highest BCUT2D eigenvalue weighted by atomic mass is 16.1. The molecule has 0 aromatic heterocycles. The summed E-state index contributed by atoms with van der Waals surface area (Å²) in [6.07, 6.45) is 2.77. The van der Waals surface area contributed by atoms with E-state index in [0.29, 0.717) is 5.57 Å². The largest absolute Gasteiger partial charge is 0.303 e. The summed E-state index contributed by atoms with van der Waals surface area (Å²) in [4.78, 5) is 23.0. The molecule has 0 aliphatic rings. The molecular formula is C19H26O2. The third-order valence-corrected chi connectivity index (χ3v) is 3.71. The van der Waals surface area contributed by atoms with Crippen LogP contribution < -0.4 is 0 Å². The van der Waals surface area contributed by atoms with Crippen molar-refractivity contribution in [3.63, 3.8) is 0 Å². The zero-order valence-electron chi connectivity index (χ0n) is 13.7. The van der Waals surface area contributed by atoms with E-state index in [1.165, 1.54) is 0 Å². The van der Waals surface area contributed by atoms with Gasteiger partial charge in [0.1, 0.15) is 12.6 Å². The summed E-state index contributed by atoms with van der Waals surface area (Å²) in [6.45, 7) is 10.4. The van der Waals surface area contributed by atoms with Crippen LogP contribution in [-0.2, 0) is 9.59 Å². The van der Waals surface area contributed by atoms with Crippen LogP contribution in [0.2, 0.25) is 0 Å². The molecule has 0 aliphatic carbocycles. The summed E-state index contributed by atoms with van der Waals surface area (Å²) in [5.74, 6) is -0.0653. The summed E-state index contributed by atoms with van der Waals surface area (Å²) in [7, 11) is 0. The fourth-order valence-corrected chi connectivity index (χ4v) is 2.94. The number of hydrogen-bond donors (Lipinski definition) is 0. The van der Waals surface area contributed by atoms with Crippen molar-refractivity contribution in [2.24, 2.45) is 17.3 Å². The Labute approximate surface area is 128 Å². The molecule has 0 radical (unpaired) electrons. The lowest BCUT2D eigenvalue weighted by molar-refractivity contribution is -0.110. The molecule has 0 N–H and O–H groups in total. The van der Waals surface area contributed by atoms with E-state index >= 15 is 0 Å². The molecule has 0 aliphatic heterocycles. The predicted molar refractivity (Wildman–Crippen MR) is 87.9 cm³/mol. The van der Waals surface area contributed by atoms with E-state index in [1.54, 1.807) is 6.92 Å². The molecule has 1 rings (SSSR count). The lowest BCUT2D eigenvalue weighted by Gasteiger charge is -2.29. The lowest BCUT2D eigenvalue weighted by Crippen LogP contribution is -2.22. The normalized spacial score (nSPS) is 15.9. The van der Waals surface area contributed by atoms with Gasteiger partial charge in [-0.1, -0.05) is 58.0 Å². The van der Waals surface area contributed by atoms with Gasteiger partial charge in [0.05, 0.1) is 0 Å². The number of rotatable bonds is 6. The molecule has 2 heteroatoms. The summed E-state index contributed by atoms with van der Waals surface area (Å²) < 4.78 is 0. The van der Waals surface area contributed by atoms with Crippen LogP contribution in [0.5, 0.6) is 0 Å². The monoisotopic (exact) mass is 286 g/mol. The van der Waals surface area contributed by atoms with Crippen molar-refractivity contribution in [1.82, 2.24) is 0 Å². The first-order valence-electron chi connectivity index (χ1n) is 7.47. The van der Waals surface area contributed by atoms with E-state index in [1.807, 2.05) is 30.3 Å². The van der Waals surface area contributed by atoms with Gasteiger partial charge >= 0.3 is 0 Å². The second kappa shape index (κ2) is 7.35. The van der Waals surface area contributed by atoms with Crippen LogP contribution in [0.1, 0.15) is 46.6 Å². The summed E-state index contributed by atoms with van der Waals surface area (Å²) in [5, 5.41) is 0. The minimum atomic E-state index is -0.253. The number of carbonyl (C=O) groups is 2. The molecule has 0 saturated heterocycles. The Balaban J connectivity index is 3.25. The molecule has 2 nitrogen and oxygen atoms in total. The number of hydrogen-bond acceptors (Lipinski definition) is 2. The zero-order valence-corrected chi connectivity index (χ0v) is 13.7. The topological polar surface area (TPSA) is 34.1 Å². The van der Waals surface area contributed by atoms with Crippen molar-refractivity contribution in [3.05, 3.63) is 41.5 Å². The standard InChI is InChI=1S/C19H26O2/c1-14(11-19(3,4)5)17(13-21)18(15(2)12-20)16-9-7-6-8-10-16/h6-10,12-14,17H,11H2,1-5H3. The van der Waals surface area contributed by atoms with Gasteiger partial charge in [-0.25, -0.2) is 0 Å². The minimum absolute atomic E-state index is 0.150. The molecule has 0 fully saturated rings. The third kappa shape index (κ3) is 4.96. The van der Waals surface area contributed by atoms with Gasteiger partial charge in [-0.15, -0.1) is 0 Å². The zero-order chi connectivity index (χ0) is 16.0. The van der Waals surface area contributed by atoms with Gasteiger partial charge in [-0.3, -0.25) is 4.79 Å². The van der Waals surface area contributed by atoms with E-state index in [4.69, 9.17) is 0 Å². The van der Waals surface area contributed by atoms with Crippen molar-refractivity contribution in [1.29, 1.82) is 0 Å². The number of benzene rings is 1. The first-order chi connectivity index (χ1) is 9.80. The van der Waals surface area contributed by atoms with Gasteiger partial charge in [0, 0.05) is 5.92 Å². The highest BCUT2D eigenvalue weighted by Gasteiger charge is 2.27. The van der Waals surface area contributed by atoms with E-state index in [2.05, 4.69) is 27.7 Å². The van der Waals surface area contributed by atoms with Crippen molar-refractivity contribution in [2.75, 3.05) is 0 Å². The Bertz CT molecular complexity index is 506. The minimum Gasteiger partial charge on any atom is -0.303 e. The molecule has 1 aromatic rings. The van der Waals surface area contributed by atoms with Crippen LogP contribution in [0.3, 0.4) is 0 Å². The summed E-state index contributed by atoms with van der Waals surface area (Å²) >= 11 is 0. The molecule has 0 spiro atoms. The van der Waals surface area contributed by atoms with Crippen molar-refractivity contribution in [2.45, 2.75) is 41.0 Å². The van der Waals surface area contributed by atoms with Gasteiger partial charge < -0.3 is 4.79 Å². The fourth-order valence-electron chi connectivity index (χ4n) is 2.94. The maximum atomic E-state index is 11.7. The fraction of sp³-hybridized carbons (Fsp3) is 0.474. The molecule has 0 amide bonds. The Hall–Kier alpha value is -1.70. The molecule has 114 valence electrons. The molecule has 2 atom stereocenters. The Morgan fingerprint density at radius 3 is 2.14 bits per heavy atom. The third-order valence-electron chi connectivity index (χ3n) is 3.71. The van der Waals surface area contributed by atoms with E-state index in [9.17, 15) is 9.59 Å². The molecule has 21 heavy (non-hydrogen) atoms. The van der Waals surface area contributed by atoms with Gasteiger partial charge in [0.15, 0.2) is 0 Å². The van der Waals surface area contributed by atoms with Crippen molar-refractivity contribution in [3.8, 4) is 0 Å². The Morgan fingerprint density at radius 2 is 1.71 bits per heavy atom. The average molecular weight is 286 g/mol. The second-order valence-electron chi connectivity index (χ2n) is 6.98. The molecule has 2 unspecified atom stereocenters. The van der Waals surface area contributed by atoms with E-state index in [-0.39, 0.29) is 17.3 Å². The molecule has 0 heterocycles.